The molecule has 0 saturated carbocycles. The summed E-state index contributed by atoms with van der Waals surface area (Å²) in [6.45, 7) is 3.97. The van der Waals surface area contributed by atoms with Crippen LogP contribution < -0.4 is 5.32 Å². The number of anilines is 1. The topological polar surface area (TPSA) is 46.4 Å². The van der Waals surface area contributed by atoms with E-state index in [4.69, 9.17) is 0 Å². The van der Waals surface area contributed by atoms with Crippen molar-refractivity contribution in [1.82, 2.24) is 9.38 Å². The first-order valence-corrected chi connectivity index (χ1v) is 8.01. The number of aryl methyl sites for hydroxylation is 3. The molecule has 1 aliphatic rings. The van der Waals surface area contributed by atoms with Crippen LogP contribution in [0.1, 0.15) is 39.3 Å². The molecular weight excluding hydrogens is 286 g/mol. The van der Waals surface area contributed by atoms with E-state index in [-0.39, 0.29) is 5.91 Å². The Kier molecular flexibility index (Phi) is 3.18. The second-order valence-corrected chi connectivity index (χ2v) is 6.21. The van der Waals surface area contributed by atoms with Crippen LogP contribution >= 0.6 is 0 Å². The molecule has 0 unspecified atom stereocenters. The van der Waals surface area contributed by atoms with E-state index in [2.05, 4.69) is 16.4 Å². The normalized spacial score (nSPS) is 13.3. The van der Waals surface area contributed by atoms with Gasteiger partial charge in [-0.25, -0.2) is 4.98 Å². The van der Waals surface area contributed by atoms with Gasteiger partial charge in [-0.05, 0) is 62.4 Å². The summed E-state index contributed by atoms with van der Waals surface area (Å²) in [6, 6.07) is 10.0. The molecule has 0 bridgehead atoms. The number of aromatic nitrogens is 2. The molecule has 116 valence electrons. The van der Waals surface area contributed by atoms with Crippen molar-refractivity contribution < 1.29 is 4.79 Å². The van der Waals surface area contributed by atoms with Gasteiger partial charge in [0.05, 0.1) is 5.56 Å². The molecule has 4 nitrogen and oxygen atoms in total. The Bertz CT molecular complexity index is 924. The average molecular weight is 305 g/mol. The molecule has 23 heavy (non-hydrogen) atoms. The number of hydrogen-bond acceptors (Lipinski definition) is 2. The van der Waals surface area contributed by atoms with Gasteiger partial charge in [0.25, 0.3) is 5.91 Å². The molecule has 1 aromatic carbocycles. The summed E-state index contributed by atoms with van der Waals surface area (Å²) in [5.74, 6) is -0.0923. The molecular formula is C19H19N3O. The molecule has 4 rings (SSSR count). The summed E-state index contributed by atoms with van der Waals surface area (Å²) < 4.78 is 1.96. The van der Waals surface area contributed by atoms with Crippen molar-refractivity contribution in [3.63, 3.8) is 0 Å². The lowest BCUT2D eigenvalue weighted by molar-refractivity contribution is 0.102. The van der Waals surface area contributed by atoms with Gasteiger partial charge < -0.3 is 9.72 Å². The van der Waals surface area contributed by atoms with Crippen LogP contribution in [0.5, 0.6) is 0 Å². The van der Waals surface area contributed by atoms with E-state index < -0.39 is 0 Å². The van der Waals surface area contributed by atoms with Crippen LogP contribution in [0, 0.1) is 13.8 Å². The van der Waals surface area contributed by atoms with E-state index in [1.54, 1.807) is 0 Å². The molecule has 1 aliphatic carbocycles. The largest absolute Gasteiger partial charge is 0.322 e. The number of benzene rings is 1. The van der Waals surface area contributed by atoms with E-state index in [0.29, 0.717) is 11.2 Å². The third-order valence-electron chi connectivity index (χ3n) is 4.58. The minimum Gasteiger partial charge on any atom is -0.322 e. The number of nitrogens with one attached hydrogen (secondary N) is 1. The van der Waals surface area contributed by atoms with Crippen molar-refractivity contribution >= 4 is 17.2 Å². The second kappa shape index (κ2) is 5.23. The Morgan fingerprint density at radius 1 is 1.22 bits per heavy atom. The minimum absolute atomic E-state index is 0.0923. The van der Waals surface area contributed by atoms with Gasteiger partial charge in [-0.15, -0.1) is 0 Å². The van der Waals surface area contributed by atoms with Crippen LogP contribution in [-0.2, 0) is 12.8 Å². The summed E-state index contributed by atoms with van der Waals surface area (Å²) in [5, 5.41) is 3.08. The van der Waals surface area contributed by atoms with Crippen LogP contribution in [0.4, 0.5) is 5.69 Å². The standard InChI is InChI=1S/C19H19N3O/c1-12-11-13(2)22-10-9-16(18(22)20-12)19(23)21-17-8-4-6-14-5-3-7-15(14)17/h4,6,8-11H,3,5,7H2,1-2H3,(H,21,23). The van der Waals surface area contributed by atoms with Crippen molar-refractivity contribution in [2.45, 2.75) is 33.1 Å². The van der Waals surface area contributed by atoms with E-state index >= 15 is 0 Å². The highest BCUT2D eigenvalue weighted by Crippen LogP contribution is 2.29. The van der Waals surface area contributed by atoms with Crippen LogP contribution in [0.2, 0.25) is 0 Å². The maximum atomic E-state index is 12.7. The van der Waals surface area contributed by atoms with Gasteiger partial charge in [-0.1, -0.05) is 12.1 Å². The maximum absolute atomic E-state index is 12.7. The van der Waals surface area contributed by atoms with Gasteiger partial charge in [0, 0.05) is 23.3 Å². The van der Waals surface area contributed by atoms with Gasteiger partial charge in [0.2, 0.25) is 0 Å². The first-order valence-electron chi connectivity index (χ1n) is 8.01. The smallest absolute Gasteiger partial charge is 0.259 e. The predicted molar refractivity (Wildman–Crippen MR) is 91.1 cm³/mol. The lowest BCUT2D eigenvalue weighted by atomic mass is 10.1. The molecule has 0 fully saturated rings. The fourth-order valence-electron chi connectivity index (χ4n) is 3.50. The van der Waals surface area contributed by atoms with Crippen LogP contribution in [0.25, 0.3) is 5.65 Å². The first kappa shape index (κ1) is 14.0. The highest BCUT2D eigenvalue weighted by Gasteiger charge is 2.18. The maximum Gasteiger partial charge on any atom is 0.259 e. The molecule has 0 saturated heterocycles. The third kappa shape index (κ3) is 2.31. The Labute approximate surface area is 135 Å². The molecule has 0 spiro atoms. The molecule has 0 atom stereocenters. The van der Waals surface area contributed by atoms with Crippen molar-refractivity contribution in [2.24, 2.45) is 0 Å². The quantitative estimate of drug-likeness (QED) is 0.785. The number of rotatable bonds is 2. The van der Waals surface area contributed by atoms with Crippen LogP contribution in [0.15, 0.2) is 36.5 Å². The molecule has 0 aliphatic heterocycles. The lowest BCUT2D eigenvalue weighted by Crippen LogP contribution is -2.13. The predicted octanol–water partition coefficient (Wildman–Crippen LogP) is 3.69. The fourth-order valence-corrected chi connectivity index (χ4v) is 3.50. The van der Waals surface area contributed by atoms with Gasteiger partial charge in [0.15, 0.2) is 0 Å². The minimum atomic E-state index is -0.0923. The second-order valence-electron chi connectivity index (χ2n) is 6.21. The SMILES string of the molecule is Cc1cc(C)n2ccc(C(=O)Nc3cccc4c3CCC4)c2n1. The molecule has 0 radical (unpaired) electrons. The lowest BCUT2D eigenvalue weighted by Gasteiger charge is -2.10. The monoisotopic (exact) mass is 305 g/mol. The summed E-state index contributed by atoms with van der Waals surface area (Å²) in [6.07, 6.45) is 5.21. The number of carbonyl (C=O) groups excluding carboxylic acids is 1. The molecule has 1 amide bonds. The Hall–Kier alpha value is -2.62. The van der Waals surface area contributed by atoms with Gasteiger partial charge >= 0.3 is 0 Å². The van der Waals surface area contributed by atoms with Crippen molar-refractivity contribution in [3.05, 3.63) is 64.6 Å². The molecule has 2 aromatic heterocycles. The summed E-state index contributed by atoms with van der Waals surface area (Å²) >= 11 is 0. The van der Waals surface area contributed by atoms with Gasteiger partial charge in [-0.3, -0.25) is 4.79 Å². The third-order valence-corrected chi connectivity index (χ3v) is 4.58. The zero-order valence-electron chi connectivity index (χ0n) is 13.4. The molecule has 1 N–H and O–H groups in total. The van der Waals surface area contributed by atoms with E-state index in [1.165, 1.54) is 11.1 Å². The average Bonchev–Trinajstić information content (AvgIpc) is 3.13. The highest BCUT2D eigenvalue weighted by atomic mass is 16.1. The van der Waals surface area contributed by atoms with Gasteiger partial charge in [-0.2, -0.15) is 0 Å². The molecule has 2 heterocycles. The highest BCUT2D eigenvalue weighted by molar-refractivity contribution is 6.08. The molecule has 3 aromatic rings. The number of amides is 1. The van der Waals surface area contributed by atoms with Crippen LogP contribution in [-0.4, -0.2) is 15.3 Å². The first-order chi connectivity index (χ1) is 11.1. The number of carbonyl (C=O) groups is 1. The Balaban J connectivity index is 1.72. The van der Waals surface area contributed by atoms with Crippen molar-refractivity contribution in [1.29, 1.82) is 0 Å². The summed E-state index contributed by atoms with van der Waals surface area (Å²) in [7, 11) is 0. The van der Waals surface area contributed by atoms with E-state index in [9.17, 15) is 4.79 Å². The van der Waals surface area contributed by atoms with E-state index in [1.807, 2.05) is 48.7 Å². The Morgan fingerprint density at radius 2 is 2.09 bits per heavy atom. The van der Waals surface area contributed by atoms with Gasteiger partial charge in [0.1, 0.15) is 5.65 Å². The van der Waals surface area contributed by atoms with Crippen molar-refractivity contribution in [3.8, 4) is 0 Å². The number of hydrogen-bond donors (Lipinski definition) is 1. The number of fused-ring (bicyclic) bond motifs is 2. The fraction of sp³-hybridized carbons (Fsp3) is 0.263. The summed E-state index contributed by atoms with van der Waals surface area (Å²) in [4.78, 5) is 17.3. The zero-order chi connectivity index (χ0) is 16.0. The van der Waals surface area contributed by atoms with E-state index in [0.717, 1.165) is 36.3 Å². The van der Waals surface area contributed by atoms with Crippen molar-refractivity contribution in [2.75, 3.05) is 5.32 Å². The number of nitrogens with zero attached hydrogens (tertiary/aromatic N) is 2. The zero-order valence-corrected chi connectivity index (χ0v) is 13.4. The van der Waals surface area contributed by atoms with Crippen LogP contribution in [0.3, 0.4) is 0 Å². The molecule has 4 heteroatoms. The summed E-state index contributed by atoms with van der Waals surface area (Å²) in [5.41, 5.74) is 6.91. The Morgan fingerprint density at radius 3 is 2.96 bits per heavy atom.